The van der Waals surface area contributed by atoms with E-state index in [0.717, 1.165) is 15.6 Å². The lowest BCUT2D eigenvalue weighted by Gasteiger charge is -2.07. The van der Waals surface area contributed by atoms with Crippen molar-refractivity contribution in [2.75, 3.05) is 12.8 Å². The number of carbonyl (C=O) groups excluding carboxylic acids is 1. The third kappa shape index (κ3) is 2.90. The second-order valence-electron chi connectivity index (χ2n) is 4.18. The topological polar surface area (TPSA) is 72.9 Å². The average Bonchev–Trinajstić information content (AvgIpc) is 2.69. The zero-order chi connectivity index (χ0) is 14.0. The number of nitrogens with zero attached hydrogens (tertiary/aromatic N) is 2. The summed E-state index contributed by atoms with van der Waals surface area (Å²) in [5, 5.41) is 7.87. The van der Waals surface area contributed by atoms with E-state index >= 15 is 0 Å². The highest BCUT2D eigenvalue weighted by Gasteiger charge is 2.10. The maximum atomic E-state index is 11.5. The van der Waals surface area contributed by atoms with Crippen LogP contribution in [0.1, 0.15) is 16.1 Å². The van der Waals surface area contributed by atoms with Crippen molar-refractivity contribution in [3.8, 4) is 0 Å². The molecule has 5 nitrogen and oxygen atoms in total. The molecule has 2 aromatic rings. The van der Waals surface area contributed by atoms with Gasteiger partial charge in [0.25, 0.3) is 5.91 Å². The molecule has 2 rings (SSSR count). The number of aromatic nitrogens is 2. The molecule has 0 aliphatic carbocycles. The number of nitrogens with one attached hydrogen (secondary N) is 1. The first kappa shape index (κ1) is 13.5. The predicted octanol–water partition coefficient (Wildman–Crippen LogP) is 1.82. The molecule has 0 bridgehead atoms. The van der Waals surface area contributed by atoms with Gasteiger partial charge >= 0.3 is 0 Å². The number of carbonyl (C=O) groups is 1. The summed E-state index contributed by atoms with van der Waals surface area (Å²) >= 11 is 1.53. The van der Waals surface area contributed by atoms with Crippen LogP contribution in [0.2, 0.25) is 0 Å². The van der Waals surface area contributed by atoms with Gasteiger partial charge in [0.2, 0.25) is 0 Å². The molecule has 1 aromatic heterocycles. The number of nitrogen functional groups attached to an aromatic ring is 1. The van der Waals surface area contributed by atoms with Crippen LogP contribution in [0, 0.1) is 6.92 Å². The van der Waals surface area contributed by atoms with Crippen molar-refractivity contribution in [3.05, 3.63) is 35.5 Å². The van der Waals surface area contributed by atoms with Gasteiger partial charge in [-0.1, -0.05) is 11.8 Å². The van der Waals surface area contributed by atoms with Crippen molar-refractivity contribution < 1.29 is 4.79 Å². The summed E-state index contributed by atoms with van der Waals surface area (Å²) in [5.41, 5.74) is 8.10. The van der Waals surface area contributed by atoms with Crippen LogP contribution >= 0.6 is 11.8 Å². The van der Waals surface area contributed by atoms with Crippen molar-refractivity contribution >= 4 is 23.4 Å². The third-order valence-electron chi connectivity index (χ3n) is 2.67. The molecule has 0 aliphatic rings. The molecule has 0 saturated carbocycles. The Labute approximate surface area is 116 Å². The van der Waals surface area contributed by atoms with E-state index in [1.807, 2.05) is 30.8 Å². The monoisotopic (exact) mass is 276 g/mol. The highest BCUT2D eigenvalue weighted by atomic mass is 32.2. The lowest BCUT2D eigenvalue weighted by atomic mass is 10.2. The third-order valence-corrected chi connectivity index (χ3v) is 3.86. The van der Waals surface area contributed by atoms with E-state index < -0.39 is 0 Å². The average molecular weight is 276 g/mol. The van der Waals surface area contributed by atoms with Crippen LogP contribution < -0.4 is 11.1 Å². The largest absolute Gasteiger partial charge is 0.398 e. The highest BCUT2D eigenvalue weighted by Crippen LogP contribution is 2.32. The fourth-order valence-electron chi connectivity index (χ4n) is 1.72. The second-order valence-corrected chi connectivity index (χ2v) is 5.24. The Morgan fingerprint density at radius 3 is 2.68 bits per heavy atom. The molecule has 0 radical (unpaired) electrons. The minimum atomic E-state index is -0.139. The first-order valence-corrected chi connectivity index (χ1v) is 6.63. The van der Waals surface area contributed by atoms with Crippen LogP contribution in [0.25, 0.3) is 0 Å². The van der Waals surface area contributed by atoms with E-state index in [1.54, 1.807) is 19.2 Å². The summed E-state index contributed by atoms with van der Waals surface area (Å²) in [7, 11) is 3.49. The molecule has 100 valence electrons. The fraction of sp³-hybridized carbons (Fsp3) is 0.231. The molecule has 0 aliphatic heterocycles. The first-order chi connectivity index (χ1) is 9.01. The van der Waals surface area contributed by atoms with Crippen LogP contribution in [0.5, 0.6) is 0 Å². The van der Waals surface area contributed by atoms with Crippen molar-refractivity contribution in [2.45, 2.75) is 16.8 Å². The van der Waals surface area contributed by atoms with E-state index in [-0.39, 0.29) is 5.91 Å². The van der Waals surface area contributed by atoms with Gasteiger partial charge in [-0.25, -0.2) is 0 Å². The van der Waals surface area contributed by atoms with Gasteiger partial charge in [0.05, 0.1) is 10.7 Å². The van der Waals surface area contributed by atoms with Gasteiger partial charge in [-0.3, -0.25) is 9.48 Å². The van der Waals surface area contributed by atoms with Crippen molar-refractivity contribution in [2.24, 2.45) is 7.05 Å². The van der Waals surface area contributed by atoms with E-state index in [9.17, 15) is 4.79 Å². The standard InChI is InChI=1S/C13H16N4OS/c1-8-6-12(17(3)16-8)19-11-5-4-9(7-10(11)14)13(18)15-2/h4-7H,14H2,1-3H3,(H,15,18). The quantitative estimate of drug-likeness (QED) is 0.839. The van der Waals surface area contributed by atoms with E-state index in [4.69, 9.17) is 5.73 Å². The summed E-state index contributed by atoms with van der Waals surface area (Å²) in [6.45, 7) is 1.95. The van der Waals surface area contributed by atoms with E-state index in [1.165, 1.54) is 11.8 Å². The lowest BCUT2D eigenvalue weighted by Crippen LogP contribution is -2.17. The van der Waals surface area contributed by atoms with Crippen molar-refractivity contribution in [1.82, 2.24) is 15.1 Å². The Morgan fingerprint density at radius 1 is 1.42 bits per heavy atom. The maximum absolute atomic E-state index is 11.5. The number of hydrogen-bond acceptors (Lipinski definition) is 4. The van der Waals surface area contributed by atoms with Crippen molar-refractivity contribution in [3.63, 3.8) is 0 Å². The Balaban J connectivity index is 2.27. The minimum absolute atomic E-state index is 0.139. The molecular weight excluding hydrogens is 260 g/mol. The molecule has 0 fully saturated rings. The van der Waals surface area contributed by atoms with Gasteiger partial charge < -0.3 is 11.1 Å². The minimum Gasteiger partial charge on any atom is -0.398 e. The van der Waals surface area contributed by atoms with E-state index in [0.29, 0.717) is 11.3 Å². The van der Waals surface area contributed by atoms with Crippen LogP contribution in [0.3, 0.4) is 0 Å². The summed E-state index contributed by atoms with van der Waals surface area (Å²) in [6, 6.07) is 7.30. The van der Waals surface area contributed by atoms with Gasteiger partial charge in [-0.05, 0) is 31.2 Å². The first-order valence-electron chi connectivity index (χ1n) is 5.81. The predicted molar refractivity (Wildman–Crippen MR) is 76.3 cm³/mol. The molecule has 19 heavy (non-hydrogen) atoms. The Bertz CT molecular complexity index is 621. The van der Waals surface area contributed by atoms with Crippen LogP contribution in [-0.4, -0.2) is 22.7 Å². The van der Waals surface area contributed by atoms with Crippen LogP contribution in [0.4, 0.5) is 5.69 Å². The van der Waals surface area contributed by atoms with Crippen LogP contribution in [-0.2, 0) is 7.05 Å². The number of rotatable bonds is 3. The number of nitrogens with two attached hydrogens (primary N) is 1. The van der Waals surface area contributed by atoms with Gasteiger partial charge in [0, 0.05) is 30.2 Å². The van der Waals surface area contributed by atoms with Crippen molar-refractivity contribution in [1.29, 1.82) is 0 Å². The molecule has 6 heteroatoms. The molecule has 0 spiro atoms. The fourth-order valence-corrected chi connectivity index (χ4v) is 2.66. The maximum Gasteiger partial charge on any atom is 0.251 e. The number of anilines is 1. The SMILES string of the molecule is CNC(=O)c1ccc(Sc2cc(C)nn2C)c(N)c1. The molecular formula is C13H16N4OS. The van der Waals surface area contributed by atoms with Gasteiger partial charge in [0.1, 0.15) is 0 Å². The highest BCUT2D eigenvalue weighted by molar-refractivity contribution is 7.99. The normalized spacial score (nSPS) is 10.5. The van der Waals surface area contributed by atoms with Gasteiger partial charge in [0.15, 0.2) is 0 Å². The smallest absolute Gasteiger partial charge is 0.251 e. The number of hydrogen-bond donors (Lipinski definition) is 2. The Hall–Kier alpha value is -1.95. The molecule has 1 amide bonds. The molecule has 0 atom stereocenters. The number of benzene rings is 1. The lowest BCUT2D eigenvalue weighted by molar-refractivity contribution is 0.0963. The zero-order valence-corrected chi connectivity index (χ0v) is 11.9. The summed E-state index contributed by atoms with van der Waals surface area (Å²) in [4.78, 5) is 12.4. The Morgan fingerprint density at radius 2 is 2.16 bits per heavy atom. The second kappa shape index (κ2) is 5.36. The Kier molecular flexibility index (Phi) is 3.80. The zero-order valence-electron chi connectivity index (χ0n) is 11.1. The molecule has 0 saturated heterocycles. The summed E-state index contributed by atoms with van der Waals surface area (Å²) in [6.07, 6.45) is 0. The van der Waals surface area contributed by atoms with Crippen LogP contribution in [0.15, 0.2) is 34.2 Å². The molecule has 3 N–H and O–H groups in total. The van der Waals surface area contributed by atoms with E-state index in [2.05, 4.69) is 10.4 Å². The summed E-state index contributed by atoms with van der Waals surface area (Å²) < 4.78 is 1.81. The number of amides is 1. The summed E-state index contributed by atoms with van der Waals surface area (Å²) in [5.74, 6) is -0.139. The number of aryl methyl sites for hydroxylation is 2. The molecule has 1 aromatic carbocycles. The van der Waals surface area contributed by atoms with Gasteiger partial charge in [-0.2, -0.15) is 5.10 Å². The van der Waals surface area contributed by atoms with Gasteiger partial charge in [-0.15, -0.1) is 0 Å². The molecule has 1 heterocycles. The molecule has 0 unspecified atom stereocenters.